The van der Waals surface area contributed by atoms with Crippen molar-refractivity contribution in [1.29, 1.82) is 0 Å². The molecule has 19 heavy (non-hydrogen) atoms. The first-order valence-electron chi connectivity index (χ1n) is 6.05. The first-order chi connectivity index (χ1) is 9.31. The van der Waals surface area contributed by atoms with Crippen molar-refractivity contribution >= 4 is 28.5 Å². The Bertz CT molecular complexity index is 597. The Kier molecular flexibility index (Phi) is 3.39. The standard InChI is InChI=1S/C14H13N3OS/c18-13(7-6-10-4-2-1-3-5-10)17-14-16-11-8-15-9-12(11)19-14/h1-7,15H,8-9H2,(H,16,17,18)/b7-6+. The van der Waals surface area contributed by atoms with Crippen LogP contribution in [0, 0.1) is 0 Å². The van der Waals surface area contributed by atoms with Crippen LogP contribution in [-0.4, -0.2) is 10.9 Å². The number of nitrogens with one attached hydrogen (secondary N) is 2. The highest BCUT2D eigenvalue weighted by molar-refractivity contribution is 7.15. The number of thiazole rings is 1. The maximum Gasteiger partial charge on any atom is 0.250 e. The van der Waals surface area contributed by atoms with Gasteiger partial charge in [-0.05, 0) is 11.6 Å². The normalized spacial score (nSPS) is 13.7. The van der Waals surface area contributed by atoms with Gasteiger partial charge >= 0.3 is 0 Å². The second-order valence-electron chi connectivity index (χ2n) is 4.23. The lowest BCUT2D eigenvalue weighted by molar-refractivity contribution is -0.111. The van der Waals surface area contributed by atoms with Crippen molar-refractivity contribution in [3.8, 4) is 0 Å². The molecule has 0 spiro atoms. The summed E-state index contributed by atoms with van der Waals surface area (Å²) >= 11 is 1.53. The van der Waals surface area contributed by atoms with E-state index in [1.54, 1.807) is 6.08 Å². The minimum Gasteiger partial charge on any atom is -0.306 e. The van der Waals surface area contributed by atoms with Gasteiger partial charge in [-0.1, -0.05) is 30.3 Å². The van der Waals surface area contributed by atoms with Gasteiger partial charge in [0, 0.05) is 24.0 Å². The number of fused-ring (bicyclic) bond motifs is 1. The van der Waals surface area contributed by atoms with Crippen molar-refractivity contribution in [2.24, 2.45) is 0 Å². The van der Waals surface area contributed by atoms with E-state index in [1.807, 2.05) is 30.3 Å². The average molecular weight is 271 g/mol. The highest BCUT2D eigenvalue weighted by atomic mass is 32.1. The number of carbonyl (C=O) groups excluding carboxylic acids is 1. The fourth-order valence-electron chi connectivity index (χ4n) is 1.89. The van der Waals surface area contributed by atoms with E-state index >= 15 is 0 Å². The number of benzene rings is 1. The topological polar surface area (TPSA) is 54.0 Å². The van der Waals surface area contributed by atoms with Crippen molar-refractivity contribution in [3.63, 3.8) is 0 Å². The zero-order valence-corrected chi connectivity index (χ0v) is 11.0. The van der Waals surface area contributed by atoms with Crippen LogP contribution in [-0.2, 0) is 17.9 Å². The number of carbonyl (C=O) groups is 1. The van der Waals surface area contributed by atoms with E-state index in [0.717, 1.165) is 24.3 Å². The largest absolute Gasteiger partial charge is 0.306 e. The minimum atomic E-state index is -0.149. The lowest BCUT2D eigenvalue weighted by Crippen LogP contribution is -2.08. The van der Waals surface area contributed by atoms with Crippen LogP contribution in [0.25, 0.3) is 6.08 Å². The Labute approximate surface area is 115 Å². The van der Waals surface area contributed by atoms with E-state index in [9.17, 15) is 4.79 Å². The first-order valence-corrected chi connectivity index (χ1v) is 6.86. The molecular weight excluding hydrogens is 258 g/mol. The van der Waals surface area contributed by atoms with E-state index in [4.69, 9.17) is 0 Å². The Morgan fingerprint density at radius 1 is 1.32 bits per heavy atom. The number of hydrogen-bond donors (Lipinski definition) is 2. The van der Waals surface area contributed by atoms with Crippen LogP contribution >= 0.6 is 11.3 Å². The number of anilines is 1. The number of aromatic nitrogens is 1. The molecule has 1 aromatic carbocycles. The molecule has 0 fully saturated rings. The molecule has 2 N–H and O–H groups in total. The van der Waals surface area contributed by atoms with Gasteiger partial charge in [0.05, 0.1) is 5.69 Å². The molecule has 0 unspecified atom stereocenters. The minimum absolute atomic E-state index is 0.149. The molecule has 1 aliphatic heterocycles. The zero-order chi connectivity index (χ0) is 13.1. The number of hydrogen-bond acceptors (Lipinski definition) is 4. The first kappa shape index (κ1) is 12.1. The highest BCUT2D eigenvalue weighted by Crippen LogP contribution is 2.26. The molecule has 4 nitrogen and oxygen atoms in total. The molecule has 1 amide bonds. The van der Waals surface area contributed by atoms with Crippen molar-refractivity contribution in [2.75, 3.05) is 5.32 Å². The van der Waals surface area contributed by atoms with Gasteiger partial charge in [-0.15, -0.1) is 11.3 Å². The fraction of sp³-hybridized carbons (Fsp3) is 0.143. The molecule has 0 radical (unpaired) electrons. The van der Waals surface area contributed by atoms with E-state index in [2.05, 4.69) is 15.6 Å². The molecule has 0 aliphatic carbocycles. The summed E-state index contributed by atoms with van der Waals surface area (Å²) in [5.74, 6) is -0.149. The molecule has 3 rings (SSSR count). The molecule has 1 aliphatic rings. The molecule has 0 saturated heterocycles. The fourth-order valence-corrected chi connectivity index (χ4v) is 2.84. The quantitative estimate of drug-likeness (QED) is 0.843. The molecule has 1 aromatic heterocycles. The lowest BCUT2D eigenvalue weighted by atomic mass is 10.2. The summed E-state index contributed by atoms with van der Waals surface area (Å²) in [6, 6.07) is 9.73. The molecule has 0 atom stereocenters. The molecule has 2 aromatic rings. The van der Waals surface area contributed by atoms with Gasteiger partial charge in [0.1, 0.15) is 0 Å². The van der Waals surface area contributed by atoms with Gasteiger partial charge in [-0.25, -0.2) is 4.98 Å². The summed E-state index contributed by atoms with van der Waals surface area (Å²) in [4.78, 5) is 17.4. The maximum atomic E-state index is 11.8. The third kappa shape index (κ3) is 2.89. The van der Waals surface area contributed by atoms with Crippen LogP contribution in [0.15, 0.2) is 36.4 Å². The molecular formula is C14H13N3OS. The predicted octanol–water partition coefficient (Wildman–Crippen LogP) is 2.40. The van der Waals surface area contributed by atoms with Gasteiger partial charge in [0.15, 0.2) is 5.13 Å². The monoisotopic (exact) mass is 271 g/mol. The van der Waals surface area contributed by atoms with E-state index in [-0.39, 0.29) is 5.91 Å². The Morgan fingerprint density at radius 2 is 2.16 bits per heavy atom. The summed E-state index contributed by atoms with van der Waals surface area (Å²) in [5.41, 5.74) is 2.05. The third-order valence-corrected chi connectivity index (χ3v) is 3.83. The molecule has 0 saturated carbocycles. The third-order valence-electron chi connectivity index (χ3n) is 2.81. The van der Waals surface area contributed by atoms with Crippen LogP contribution in [0.1, 0.15) is 16.1 Å². The van der Waals surface area contributed by atoms with Gasteiger partial charge < -0.3 is 5.32 Å². The van der Waals surface area contributed by atoms with Crippen LogP contribution in [0.2, 0.25) is 0 Å². The van der Waals surface area contributed by atoms with E-state index in [1.165, 1.54) is 22.3 Å². The van der Waals surface area contributed by atoms with Crippen LogP contribution in [0.3, 0.4) is 0 Å². The van der Waals surface area contributed by atoms with Crippen molar-refractivity contribution in [1.82, 2.24) is 10.3 Å². The summed E-state index contributed by atoms with van der Waals surface area (Å²) in [5, 5.41) is 6.69. The van der Waals surface area contributed by atoms with Crippen molar-refractivity contribution < 1.29 is 4.79 Å². The summed E-state index contributed by atoms with van der Waals surface area (Å²) in [6.45, 7) is 1.64. The molecule has 96 valence electrons. The average Bonchev–Trinajstić information content (AvgIpc) is 2.98. The smallest absolute Gasteiger partial charge is 0.250 e. The molecule has 5 heteroatoms. The zero-order valence-electron chi connectivity index (χ0n) is 10.2. The van der Waals surface area contributed by atoms with Gasteiger partial charge in [-0.2, -0.15) is 0 Å². The lowest BCUT2D eigenvalue weighted by Gasteiger charge is -1.97. The van der Waals surface area contributed by atoms with Crippen molar-refractivity contribution in [3.05, 3.63) is 52.5 Å². The maximum absolute atomic E-state index is 11.8. The number of rotatable bonds is 3. The Balaban J connectivity index is 1.63. The second kappa shape index (κ2) is 5.34. The molecule has 0 bridgehead atoms. The van der Waals surface area contributed by atoms with E-state index in [0.29, 0.717) is 5.13 Å². The predicted molar refractivity (Wildman–Crippen MR) is 76.8 cm³/mol. The van der Waals surface area contributed by atoms with Gasteiger partial charge in [-0.3, -0.25) is 10.1 Å². The van der Waals surface area contributed by atoms with Crippen LogP contribution < -0.4 is 10.6 Å². The highest BCUT2D eigenvalue weighted by Gasteiger charge is 2.16. The SMILES string of the molecule is O=C(/C=C/c1ccccc1)Nc1nc2c(s1)CNC2. The van der Waals surface area contributed by atoms with Gasteiger partial charge in [0.2, 0.25) is 5.91 Å². The van der Waals surface area contributed by atoms with Gasteiger partial charge in [0.25, 0.3) is 0 Å². The number of nitrogens with zero attached hydrogens (tertiary/aromatic N) is 1. The molecule has 2 heterocycles. The van der Waals surface area contributed by atoms with Crippen LogP contribution in [0.5, 0.6) is 0 Å². The summed E-state index contributed by atoms with van der Waals surface area (Å²) in [7, 11) is 0. The van der Waals surface area contributed by atoms with Crippen molar-refractivity contribution in [2.45, 2.75) is 13.1 Å². The summed E-state index contributed by atoms with van der Waals surface area (Å²) in [6.07, 6.45) is 3.32. The summed E-state index contributed by atoms with van der Waals surface area (Å²) < 4.78 is 0. The Hall–Kier alpha value is -1.98. The second-order valence-corrected chi connectivity index (χ2v) is 5.31. The Morgan fingerprint density at radius 3 is 2.95 bits per heavy atom. The van der Waals surface area contributed by atoms with E-state index < -0.39 is 0 Å². The van der Waals surface area contributed by atoms with Crippen LogP contribution in [0.4, 0.5) is 5.13 Å². The number of amides is 1.